The van der Waals surface area contributed by atoms with Gasteiger partial charge in [0, 0.05) is 35.0 Å². The Bertz CT molecular complexity index is 590. The predicted octanol–water partition coefficient (Wildman–Crippen LogP) is 3.74. The molecule has 6 heteroatoms. The van der Waals surface area contributed by atoms with Crippen molar-refractivity contribution in [3.63, 3.8) is 0 Å². The first kappa shape index (κ1) is 16.1. The van der Waals surface area contributed by atoms with E-state index in [-0.39, 0.29) is 11.6 Å². The molecule has 0 aliphatic rings. The van der Waals surface area contributed by atoms with Crippen LogP contribution in [-0.4, -0.2) is 16.3 Å². The number of hydrogen-bond donors (Lipinski definition) is 1. The lowest BCUT2D eigenvalue weighted by Crippen LogP contribution is -2.24. The summed E-state index contributed by atoms with van der Waals surface area (Å²) in [5, 5.41) is 7.26. The van der Waals surface area contributed by atoms with Gasteiger partial charge in [-0.2, -0.15) is 5.10 Å². The molecule has 0 saturated heterocycles. The molecule has 0 aliphatic carbocycles. The van der Waals surface area contributed by atoms with E-state index in [1.54, 1.807) is 10.9 Å². The summed E-state index contributed by atoms with van der Waals surface area (Å²) in [6.07, 6.45) is 3.02. The maximum Gasteiger partial charge on any atom is 0.132 e. The van der Waals surface area contributed by atoms with Crippen LogP contribution >= 0.6 is 15.9 Å². The van der Waals surface area contributed by atoms with Crippen LogP contribution in [0.15, 0.2) is 28.9 Å². The van der Waals surface area contributed by atoms with E-state index in [9.17, 15) is 8.78 Å². The van der Waals surface area contributed by atoms with E-state index in [4.69, 9.17) is 0 Å². The van der Waals surface area contributed by atoms with Crippen LogP contribution in [0.1, 0.15) is 30.6 Å². The molecule has 0 spiro atoms. The Morgan fingerprint density at radius 1 is 1.33 bits per heavy atom. The lowest BCUT2D eigenvalue weighted by atomic mass is 9.99. The van der Waals surface area contributed by atoms with E-state index in [1.807, 2.05) is 20.0 Å². The molecular formula is C15H18BrF2N3. The first-order valence-corrected chi connectivity index (χ1v) is 7.67. The van der Waals surface area contributed by atoms with E-state index in [1.165, 1.54) is 12.1 Å². The molecule has 0 bridgehead atoms. The SMILES string of the molecule is CCNC(CCc1ccnn1C)c1c(F)cc(Br)cc1F. The summed E-state index contributed by atoms with van der Waals surface area (Å²) in [5.41, 5.74) is 1.14. The summed E-state index contributed by atoms with van der Waals surface area (Å²) in [7, 11) is 1.86. The van der Waals surface area contributed by atoms with Crippen molar-refractivity contribution < 1.29 is 8.78 Å². The zero-order chi connectivity index (χ0) is 15.4. The van der Waals surface area contributed by atoms with Gasteiger partial charge in [-0.05, 0) is 37.6 Å². The molecular weight excluding hydrogens is 340 g/mol. The number of aromatic nitrogens is 2. The Morgan fingerprint density at radius 3 is 2.52 bits per heavy atom. The molecule has 2 rings (SSSR count). The first-order valence-electron chi connectivity index (χ1n) is 6.87. The number of rotatable bonds is 6. The molecule has 2 aromatic rings. The summed E-state index contributed by atoms with van der Waals surface area (Å²) in [6.45, 7) is 2.57. The topological polar surface area (TPSA) is 29.9 Å². The number of nitrogens with zero attached hydrogens (tertiary/aromatic N) is 2. The van der Waals surface area contributed by atoms with Crippen LogP contribution in [0.25, 0.3) is 0 Å². The van der Waals surface area contributed by atoms with Crippen molar-refractivity contribution in [1.82, 2.24) is 15.1 Å². The highest BCUT2D eigenvalue weighted by Gasteiger charge is 2.20. The van der Waals surface area contributed by atoms with Gasteiger partial charge in [0.15, 0.2) is 0 Å². The molecule has 0 fully saturated rings. The normalized spacial score (nSPS) is 12.6. The summed E-state index contributed by atoms with van der Waals surface area (Å²) in [4.78, 5) is 0. The van der Waals surface area contributed by atoms with Crippen LogP contribution in [0.3, 0.4) is 0 Å². The van der Waals surface area contributed by atoms with Crippen molar-refractivity contribution in [2.24, 2.45) is 7.05 Å². The van der Waals surface area contributed by atoms with Gasteiger partial charge < -0.3 is 5.32 Å². The second-order valence-corrected chi connectivity index (χ2v) is 5.79. The van der Waals surface area contributed by atoms with Gasteiger partial charge in [0.1, 0.15) is 11.6 Å². The molecule has 1 aromatic heterocycles. The molecule has 1 unspecified atom stereocenters. The number of nitrogens with one attached hydrogen (secondary N) is 1. The largest absolute Gasteiger partial charge is 0.310 e. The van der Waals surface area contributed by atoms with Crippen LogP contribution in [0, 0.1) is 11.6 Å². The molecule has 1 N–H and O–H groups in total. The molecule has 0 amide bonds. The van der Waals surface area contributed by atoms with Crippen molar-refractivity contribution in [2.45, 2.75) is 25.8 Å². The van der Waals surface area contributed by atoms with Gasteiger partial charge in [0.25, 0.3) is 0 Å². The molecule has 1 aromatic carbocycles. The van der Waals surface area contributed by atoms with Crippen LogP contribution in [-0.2, 0) is 13.5 Å². The average Bonchev–Trinajstić information content (AvgIpc) is 2.80. The third-order valence-electron chi connectivity index (χ3n) is 3.45. The van der Waals surface area contributed by atoms with E-state index < -0.39 is 11.6 Å². The summed E-state index contributed by atoms with van der Waals surface area (Å²) < 4.78 is 30.4. The molecule has 0 saturated carbocycles. The summed E-state index contributed by atoms with van der Waals surface area (Å²) >= 11 is 3.10. The lowest BCUT2D eigenvalue weighted by molar-refractivity contribution is 0.450. The third kappa shape index (κ3) is 3.89. The highest BCUT2D eigenvalue weighted by Crippen LogP contribution is 2.27. The summed E-state index contributed by atoms with van der Waals surface area (Å²) in [5.74, 6) is -1.06. The second-order valence-electron chi connectivity index (χ2n) is 4.88. The van der Waals surface area contributed by atoms with Gasteiger partial charge in [-0.3, -0.25) is 4.68 Å². The van der Waals surface area contributed by atoms with Crippen molar-refractivity contribution >= 4 is 15.9 Å². The third-order valence-corrected chi connectivity index (χ3v) is 3.91. The van der Waals surface area contributed by atoms with Gasteiger partial charge in [-0.15, -0.1) is 0 Å². The minimum atomic E-state index is -0.530. The fourth-order valence-electron chi connectivity index (χ4n) is 2.42. The Labute approximate surface area is 131 Å². The van der Waals surface area contributed by atoms with E-state index in [0.717, 1.165) is 5.69 Å². The Kier molecular flexibility index (Phi) is 5.47. The Hall–Kier alpha value is -1.27. The van der Waals surface area contributed by atoms with Crippen LogP contribution < -0.4 is 5.32 Å². The van der Waals surface area contributed by atoms with Crippen molar-refractivity contribution in [3.05, 3.63) is 51.8 Å². The number of halogens is 3. The molecule has 3 nitrogen and oxygen atoms in total. The number of aryl methyl sites for hydroxylation is 2. The zero-order valence-corrected chi connectivity index (χ0v) is 13.6. The molecule has 114 valence electrons. The highest BCUT2D eigenvalue weighted by molar-refractivity contribution is 9.10. The maximum atomic E-state index is 14.1. The molecule has 1 atom stereocenters. The Morgan fingerprint density at radius 2 is 2.00 bits per heavy atom. The average molecular weight is 358 g/mol. The Balaban J connectivity index is 2.21. The van der Waals surface area contributed by atoms with Crippen LogP contribution in [0.2, 0.25) is 0 Å². The molecule has 0 aliphatic heterocycles. The maximum absolute atomic E-state index is 14.1. The number of hydrogen-bond acceptors (Lipinski definition) is 2. The number of benzene rings is 1. The molecule has 0 radical (unpaired) electrons. The molecule has 1 heterocycles. The first-order chi connectivity index (χ1) is 10.0. The van der Waals surface area contributed by atoms with Gasteiger partial charge in [-0.1, -0.05) is 22.9 Å². The minimum Gasteiger partial charge on any atom is -0.310 e. The second kappa shape index (κ2) is 7.13. The minimum absolute atomic E-state index is 0.0993. The standard InChI is InChI=1S/C15H18BrF2N3/c1-3-19-14(5-4-11-6-7-20-21(11)2)15-12(17)8-10(16)9-13(15)18/h6-9,14,19H,3-5H2,1-2H3. The zero-order valence-electron chi connectivity index (χ0n) is 12.0. The van der Waals surface area contributed by atoms with Crippen molar-refractivity contribution in [2.75, 3.05) is 6.54 Å². The van der Waals surface area contributed by atoms with Gasteiger partial charge in [0.2, 0.25) is 0 Å². The van der Waals surface area contributed by atoms with Gasteiger partial charge >= 0.3 is 0 Å². The monoisotopic (exact) mass is 357 g/mol. The van der Waals surface area contributed by atoms with Gasteiger partial charge in [-0.25, -0.2) is 8.78 Å². The van der Waals surface area contributed by atoms with E-state index in [2.05, 4.69) is 26.3 Å². The van der Waals surface area contributed by atoms with Crippen molar-refractivity contribution in [3.8, 4) is 0 Å². The van der Waals surface area contributed by atoms with Crippen molar-refractivity contribution in [1.29, 1.82) is 0 Å². The smallest absolute Gasteiger partial charge is 0.132 e. The van der Waals surface area contributed by atoms with Crippen LogP contribution in [0.5, 0.6) is 0 Å². The summed E-state index contributed by atoms with van der Waals surface area (Å²) in [6, 6.07) is 4.15. The molecule has 21 heavy (non-hydrogen) atoms. The highest BCUT2D eigenvalue weighted by atomic mass is 79.9. The predicted molar refractivity (Wildman–Crippen MR) is 82.0 cm³/mol. The lowest BCUT2D eigenvalue weighted by Gasteiger charge is -2.20. The fourth-order valence-corrected chi connectivity index (χ4v) is 2.82. The van der Waals surface area contributed by atoms with Crippen LogP contribution in [0.4, 0.5) is 8.78 Å². The quantitative estimate of drug-likeness (QED) is 0.853. The van der Waals surface area contributed by atoms with E-state index in [0.29, 0.717) is 23.9 Å². The fraction of sp³-hybridized carbons (Fsp3) is 0.400. The van der Waals surface area contributed by atoms with Gasteiger partial charge in [0.05, 0.1) is 0 Å². The van der Waals surface area contributed by atoms with E-state index >= 15 is 0 Å².